The van der Waals surface area contributed by atoms with Crippen LogP contribution in [0.5, 0.6) is 0 Å². The molecular formula is C12H13B. The van der Waals surface area contributed by atoms with Crippen LogP contribution in [0, 0.1) is 6.92 Å². The smallest absolute Gasteiger partial charge is 0.0711 e. The Hall–Kier alpha value is -0.975. The molecule has 0 bridgehead atoms. The van der Waals surface area contributed by atoms with Crippen molar-refractivity contribution in [3.63, 3.8) is 0 Å². The molecule has 1 aromatic carbocycles. The maximum atomic E-state index is 6.12. The summed E-state index contributed by atoms with van der Waals surface area (Å²) in [6, 6.07) is 6.39. The first kappa shape index (κ1) is 8.62. The fourth-order valence-electron chi connectivity index (χ4n) is 2.08. The van der Waals surface area contributed by atoms with E-state index in [1.165, 1.54) is 27.8 Å². The Morgan fingerprint density at radius 3 is 2.46 bits per heavy atom. The summed E-state index contributed by atoms with van der Waals surface area (Å²) in [4.78, 5) is 0. The molecule has 64 valence electrons. The van der Waals surface area contributed by atoms with Crippen molar-refractivity contribution < 1.29 is 0 Å². The molecular weight excluding hydrogens is 155 g/mol. The van der Waals surface area contributed by atoms with E-state index in [4.69, 9.17) is 7.85 Å². The average Bonchev–Trinajstić information content (AvgIpc) is 2.33. The predicted octanol–water partition coefficient (Wildman–Crippen LogP) is 3.01. The summed E-state index contributed by atoms with van der Waals surface area (Å²) in [6.45, 7) is 6.41. The Morgan fingerprint density at radius 2 is 1.85 bits per heavy atom. The average molecular weight is 168 g/mol. The van der Waals surface area contributed by atoms with Gasteiger partial charge < -0.3 is 0 Å². The van der Waals surface area contributed by atoms with Crippen LogP contribution in [0.4, 0.5) is 0 Å². The summed E-state index contributed by atoms with van der Waals surface area (Å²) in [7, 11) is 6.12. The molecule has 0 amide bonds. The van der Waals surface area contributed by atoms with Crippen molar-refractivity contribution in [2.45, 2.75) is 26.6 Å². The van der Waals surface area contributed by atoms with Crippen LogP contribution < -0.4 is 0 Å². The standard InChI is InChI=1S/C12H13B/c1-7-5-4-6-10-8(2)9(3)12(13)11(7)10/h4-6,12H,1-3H3. The molecule has 0 fully saturated rings. The van der Waals surface area contributed by atoms with Gasteiger partial charge in [-0.1, -0.05) is 23.8 Å². The third kappa shape index (κ3) is 1.07. The zero-order chi connectivity index (χ0) is 9.59. The molecule has 1 aromatic rings. The Labute approximate surface area is 81.1 Å². The van der Waals surface area contributed by atoms with Gasteiger partial charge in [0.2, 0.25) is 0 Å². The van der Waals surface area contributed by atoms with Gasteiger partial charge in [-0.25, -0.2) is 0 Å². The Kier molecular flexibility index (Phi) is 1.83. The molecule has 2 radical (unpaired) electrons. The summed E-state index contributed by atoms with van der Waals surface area (Å²) < 4.78 is 0. The van der Waals surface area contributed by atoms with Crippen molar-refractivity contribution in [2.75, 3.05) is 0 Å². The molecule has 1 heteroatoms. The molecule has 1 aliphatic rings. The highest BCUT2D eigenvalue weighted by Crippen LogP contribution is 2.40. The van der Waals surface area contributed by atoms with Gasteiger partial charge in [-0.05, 0) is 48.9 Å². The van der Waals surface area contributed by atoms with E-state index in [0.717, 1.165) is 0 Å². The number of allylic oxidation sites excluding steroid dienone is 2. The third-order valence-corrected chi connectivity index (χ3v) is 3.10. The van der Waals surface area contributed by atoms with E-state index < -0.39 is 0 Å². The lowest BCUT2D eigenvalue weighted by atomic mass is 9.77. The van der Waals surface area contributed by atoms with E-state index in [-0.39, 0.29) is 5.82 Å². The molecule has 0 spiro atoms. The van der Waals surface area contributed by atoms with Gasteiger partial charge in [0, 0.05) is 0 Å². The van der Waals surface area contributed by atoms with E-state index in [1.54, 1.807) is 0 Å². The minimum atomic E-state index is 0.121. The Morgan fingerprint density at radius 1 is 1.15 bits per heavy atom. The quantitative estimate of drug-likeness (QED) is 0.522. The second kappa shape index (κ2) is 2.76. The molecule has 0 N–H and O–H groups in total. The highest BCUT2D eigenvalue weighted by molar-refractivity contribution is 6.17. The lowest BCUT2D eigenvalue weighted by Crippen LogP contribution is -1.98. The number of hydrogen-bond acceptors (Lipinski definition) is 0. The summed E-state index contributed by atoms with van der Waals surface area (Å²) >= 11 is 0. The van der Waals surface area contributed by atoms with Crippen LogP contribution in [0.2, 0.25) is 0 Å². The monoisotopic (exact) mass is 168 g/mol. The fourth-order valence-corrected chi connectivity index (χ4v) is 2.08. The van der Waals surface area contributed by atoms with Gasteiger partial charge in [0.1, 0.15) is 0 Å². The topological polar surface area (TPSA) is 0 Å². The van der Waals surface area contributed by atoms with Crippen molar-refractivity contribution >= 4 is 13.4 Å². The number of benzene rings is 1. The SMILES string of the molecule is [B]C1C(C)=C(C)c2cccc(C)c21. The van der Waals surface area contributed by atoms with Crippen molar-refractivity contribution in [3.05, 3.63) is 40.5 Å². The molecule has 0 nitrogen and oxygen atoms in total. The molecule has 1 unspecified atom stereocenters. The van der Waals surface area contributed by atoms with Crippen LogP contribution >= 0.6 is 0 Å². The number of hydrogen-bond donors (Lipinski definition) is 0. The molecule has 0 aromatic heterocycles. The summed E-state index contributed by atoms with van der Waals surface area (Å²) in [6.07, 6.45) is 0. The highest BCUT2D eigenvalue weighted by Gasteiger charge is 2.23. The zero-order valence-electron chi connectivity index (χ0n) is 8.39. The fraction of sp³-hybridized carbons (Fsp3) is 0.333. The molecule has 0 saturated carbocycles. The van der Waals surface area contributed by atoms with E-state index in [2.05, 4.69) is 39.0 Å². The van der Waals surface area contributed by atoms with Gasteiger partial charge in [0.05, 0.1) is 7.85 Å². The maximum Gasteiger partial charge on any atom is 0.0824 e. The third-order valence-electron chi connectivity index (χ3n) is 3.10. The molecule has 1 aliphatic carbocycles. The minimum absolute atomic E-state index is 0.121. The van der Waals surface area contributed by atoms with Crippen LogP contribution in [0.1, 0.15) is 36.4 Å². The highest BCUT2D eigenvalue weighted by atomic mass is 14.2. The van der Waals surface area contributed by atoms with Crippen LogP contribution in [-0.4, -0.2) is 7.85 Å². The molecule has 13 heavy (non-hydrogen) atoms. The van der Waals surface area contributed by atoms with E-state index in [1.807, 2.05) is 0 Å². The van der Waals surface area contributed by atoms with Crippen molar-refractivity contribution in [3.8, 4) is 0 Å². The van der Waals surface area contributed by atoms with Gasteiger partial charge in [-0.2, -0.15) is 0 Å². The number of fused-ring (bicyclic) bond motifs is 1. The lowest BCUT2D eigenvalue weighted by molar-refractivity contribution is 1.11. The maximum absolute atomic E-state index is 6.12. The normalized spacial score (nSPS) is 20.7. The minimum Gasteiger partial charge on any atom is -0.0711 e. The zero-order valence-corrected chi connectivity index (χ0v) is 8.39. The molecule has 1 atom stereocenters. The summed E-state index contributed by atoms with van der Waals surface area (Å²) in [5.74, 6) is 0.121. The van der Waals surface area contributed by atoms with Crippen LogP contribution in [0.3, 0.4) is 0 Å². The van der Waals surface area contributed by atoms with Gasteiger partial charge >= 0.3 is 0 Å². The first-order chi connectivity index (χ1) is 6.13. The van der Waals surface area contributed by atoms with Crippen LogP contribution in [0.25, 0.3) is 5.57 Å². The largest absolute Gasteiger partial charge is 0.0824 e. The Balaban J connectivity index is 2.70. The Bertz CT molecular complexity index is 388. The van der Waals surface area contributed by atoms with E-state index in [9.17, 15) is 0 Å². The lowest BCUT2D eigenvalue weighted by Gasteiger charge is -2.10. The summed E-state index contributed by atoms with van der Waals surface area (Å²) in [5.41, 5.74) is 6.62. The van der Waals surface area contributed by atoms with E-state index >= 15 is 0 Å². The van der Waals surface area contributed by atoms with Crippen molar-refractivity contribution in [1.82, 2.24) is 0 Å². The van der Waals surface area contributed by atoms with E-state index in [0.29, 0.717) is 0 Å². The molecule has 2 rings (SSSR count). The van der Waals surface area contributed by atoms with Crippen molar-refractivity contribution in [1.29, 1.82) is 0 Å². The molecule has 0 aliphatic heterocycles. The molecule has 0 heterocycles. The first-order valence-electron chi connectivity index (χ1n) is 4.65. The second-order valence-electron chi connectivity index (χ2n) is 3.82. The first-order valence-corrected chi connectivity index (χ1v) is 4.65. The van der Waals surface area contributed by atoms with Gasteiger partial charge in [-0.15, -0.1) is 0 Å². The number of aryl methyl sites for hydroxylation is 1. The predicted molar refractivity (Wildman–Crippen MR) is 57.9 cm³/mol. The van der Waals surface area contributed by atoms with Gasteiger partial charge in [0.25, 0.3) is 0 Å². The number of rotatable bonds is 0. The second-order valence-corrected chi connectivity index (χ2v) is 3.82. The van der Waals surface area contributed by atoms with Gasteiger partial charge in [0.15, 0.2) is 0 Å². The van der Waals surface area contributed by atoms with Gasteiger partial charge in [-0.3, -0.25) is 0 Å². The van der Waals surface area contributed by atoms with Crippen molar-refractivity contribution in [2.24, 2.45) is 0 Å². The molecule has 0 saturated heterocycles. The van der Waals surface area contributed by atoms with Crippen LogP contribution in [0.15, 0.2) is 23.8 Å². The van der Waals surface area contributed by atoms with Crippen LogP contribution in [-0.2, 0) is 0 Å². The summed E-state index contributed by atoms with van der Waals surface area (Å²) in [5, 5.41) is 0.